The summed E-state index contributed by atoms with van der Waals surface area (Å²) < 4.78 is 106. The van der Waals surface area contributed by atoms with Gasteiger partial charge in [-0.2, -0.15) is 18.2 Å². The maximum Gasteiger partial charge on any atom is 0.427 e. The average Bonchev–Trinajstić information content (AvgIpc) is 4.06. The number of hydrogen-bond acceptors (Lipinski definition) is 11. The Morgan fingerprint density at radius 1 is 1.08 bits per heavy atom. The Hall–Kier alpha value is -4.88. The Morgan fingerprint density at radius 2 is 1.79 bits per heavy atom. The van der Waals surface area contributed by atoms with Gasteiger partial charge in [-0.3, -0.25) is 19.1 Å². The minimum atomic E-state index is -4.95. The second kappa shape index (κ2) is 16.8. The number of alkyl halides is 3. The van der Waals surface area contributed by atoms with E-state index in [0.29, 0.717) is 51.3 Å². The van der Waals surface area contributed by atoms with Crippen molar-refractivity contribution in [2.24, 2.45) is 17.8 Å². The molecule has 7 atom stereocenters. The molecule has 2 saturated carbocycles. The SMILES string of the molecule is CC[C@@H]1C[C@H](C)CC/C=C\C2C[C@@]2(C(=O)NS(=O)(=O)C2(C)CC2)NC(=O)[C@@H]2C[C@@H](Oc3nc(OC)cc4cc(OC)c(F)cc34)CN2C(=O)[C@H]1NC(=O)OC(C)(C)C(F)(F)F. The molecule has 0 spiro atoms. The fourth-order valence-electron chi connectivity index (χ4n) is 7.97. The van der Waals surface area contributed by atoms with E-state index in [4.69, 9.17) is 18.9 Å². The zero-order chi connectivity index (χ0) is 44.9. The molecule has 20 heteroatoms. The fraction of sp³-hybridized carbons (Fsp3) is 0.634. The van der Waals surface area contributed by atoms with Gasteiger partial charge in [0.15, 0.2) is 11.6 Å². The van der Waals surface area contributed by atoms with Crippen LogP contribution in [0.15, 0.2) is 30.4 Å². The predicted molar refractivity (Wildman–Crippen MR) is 212 cm³/mol. The number of nitrogens with one attached hydrogen (secondary N) is 3. The molecule has 1 aromatic carbocycles. The van der Waals surface area contributed by atoms with Gasteiger partial charge in [0.05, 0.1) is 25.5 Å². The van der Waals surface area contributed by atoms with Gasteiger partial charge in [0, 0.05) is 23.8 Å². The van der Waals surface area contributed by atoms with Gasteiger partial charge in [-0.1, -0.05) is 32.4 Å². The molecular weight excluding hydrogens is 831 g/mol. The minimum absolute atomic E-state index is 0.0567. The number of carbonyl (C=O) groups excluding carboxylic acids is 4. The summed E-state index contributed by atoms with van der Waals surface area (Å²) in [5.41, 5.74) is -4.63. The summed E-state index contributed by atoms with van der Waals surface area (Å²) in [6.07, 6.45) is -1.65. The summed E-state index contributed by atoms with van der Waals surface area (Å²) in [5, 5.41) is 5.77. The highest BCUT2D eigenvalue weighted by Crippen LogP contribution is 2.48. The topological polar surface area (TPSA) is 192 Å². The van der Waals surface area contributed by atoms with Gasteiger partial charge < -0.3 is 34.5 Å². The van der Waals surface area contributed by atoms with Gasteiger partial charge in [0.1, 0.15) is 23.7 Å². The lowest BCUT2D eigenvalue weighted by Crippen LogP contribution is -2.60. The van der Waals surface area contributed by atoms with Gasteiger partial charge in [-0.05, 0) is 88.7 Å². The molecule has 61 heavy (non-hydrogen) atoms. The number of allylic oxidation sites excluding steroid dienone is 1. The fourth-order valence-corrected chi connectivity index (χ4v) is 9.28. The number of sulfonamides is 1. The molecule has 3 N–H and O–H groups in total. The number of ether oxygens (including phenoxy) is 4. The molecule has 4 aliphatic rings. The average molecular weight is 884 g/mol. The molecular formula is C41H53F4N5O10S. The second-order valence-corrected chi connectivity index (χ2v) is 19.5. The van der Waals surface area contributed by atoms with Gasteiger partial charge in [-0.15, -0.1) is 0 Å². The predicted octanol–water partition coefficient (Wildman–Crippen LogP) is 5.45. The first kappa shape index (κ1) is 45.6. The molecule has 336 valence electrons. The number of benzene rings is 1. The number of amides is 4. The monoisotopic (exact) mass is 883 g/mol. The Morgan fingerprint density at radius 3 is 2.41 bits per heavy atom. The summed E-state index contributed by atoms with van der Waals surface area (Å²) >= 11 is 0. The lowest BCUT2D eigenvalue weighted by molar-refractivity contribution is -0.244. The number of halogens is 4. The number of alkyl carbamates (subject to hydrolysis) is 1. The van der Waals surface area contributed by atoms with E-state index in [2.05, 4.69) is 20.3 Å². The van der Waals surface area contributed by atoms with E-state index in [1.807, 2.05) is 13.0 Å². The van der Waals surface area contributed by atoms with Crippen LogP contribution >= 0.6 is 0 Å². The Labute approximate surface area is 351 Å². The Bertz CT molecular complexity index is 2200. The van der Waals surface area contributed by atoms with E-state index >= 15 is 4.39 Å². The van der Waals surface area contributed by atoms with Crippen LogP contribution in [0.5, 0.6) is 17.5 Å². The quantitative estimate of drug-likeness (QED) is 0.203. The number of nitrogens with zero attached hydrogens (tertiary/aromatic N) is 2. The van der Waals surface area contributed by atoms with E-state index in [9.17, 15) is 40.8 Å². The lowest BCUT2D eigenvalue weighted by Gasteiger charge is -2.35. The molecule has 3 heterocycles. The zero-order valence-corrected chi connectivity index (χ0v) is 35.9. The number of fused-ring (bicyclic) bond motifs is 3. The molecule has 2 aliphatic carbocycles. The first-order chi connectivity index (χ1) is 28.5. The molecule has 15 nitrogen and oxygen atoms in total. The van der Waals surface area contributed by atoms with Gasteiger partial charge in [0.2, 0.25) is 39.2 Å². The number of pyridine rings is 1. The molecule has 1 aromatic heterocycles. The van der Waals surface area contributed by atoms with Crippen molar-refractivity contribution in [2.45, 2.75) is 126 Å². The number of methoxy groups -OCH3 is 2. The van der Waals surface area contributed by atoms with Crippen LogP contribution in [0.2, 0.25) is 0 Å². The zero-order valence-electron chi connectivity index (χ0n) is 35.1. The van der Waals surface area contributed by atoms with Gasteiger partial charge in [0.25, 0.3) is 5.91 Å². The molecule has 0 radical (unpaired) electrons. The van der Waals surface area contributed by atoms with Crippen molar-refractivity contribution in [3.8, 4) is 17.5 Å². The van der Waals surface area contributed by atoms with Crippen molar-refractivity contribution in [3.05, 3.63) is 36.2 Å². The van der Waals surface area contributed by atoms with Crippen LogP contribution in [0.3, 0.4) is 0 Å². The molecule has 3 fully saturated rings. The van der Waals surface area contributed by atoms with Gasteiger partial charge in [-0.25, -0.2) is 17.6 Å². The van der Waals surface area contributed by atoms with Crippen LogP contribution in [0.4, 0.5) is 22.4 Å². The highest BCUT2D eigenvalue weighted by molar-refractivity contribution is 7.91. The van der Waals surface area contributed by atoms with E-state index < -0.39 is 91.7 Å². The molecule has 0 bridgehead atoms. The highest BCUT2D eigenvalue weighted by Gasteiger charge is 2.63. The molecule has 6 rings (SSSR count). The van der Waals surface area contributed by atoms with Crippen molar-refractivity contribution in [3.63, 3.8) is 0 Å². The first-order valence-corrected chi connectivity index (χ1v) is 21.8. The highest BCUT2D eigenvalue weighted by atomic mass is 32.2. The standard InChI is InChI=1S/C41H53F4N5O10S/c1-8-23-15-22(2)11-9-10-12-25-20-40(25,36(53)49-61(55,56)39(5)13-14-39)48-33(51)29-18-26(21-50(29)35(52)32(23)47-37(54)60-38(3,4)41(43,44)45)59-34-27-19-28(42)30(57-6)16-24(27)17-31(46-34)58-7/h10,12,16-17,19,22-23,25-26,29,32H,8-9,11,13-15,18,20-21H2,1-7H3,(H,47,54)(H,48,51)(H,49,53)/b12-10-/t22-,23-,25?,26-,29+,32+,40-/m1/s1. The third-order valence-corrected chi connectivity index (χ3v) is 14.6. The van der Waals surface area contributed by atoms with Crippen molar-refractivity contribution >= 4 is 44.6 Å². The van der Waals surface area contributed by atoms with Crippen LogP contribution < -0.4 is 29.6 Å². The Balaban J connectivity index is 1.40. The summed E-state index contributed by atoms with van der Waals surface area (Å²) in [4.78, 5) is 62.3. The minimum Gasteiger partial charge on any atom is -0.494 e. The second-order valence-electron chi connectivity index (χ2n) is 17.3. The van der Waals surface area contributed by atoms with E-state index in [1.165, 1.54) is 33.3 Å². The van der Waals surface area contributed by atoms with Crippen LogP contribution in [0, 0.1) is 23.6 Å². The summed E-state index contributed by atoms with van der Waals surface area (Å²) in [5.74, 6) is -4.79. The van der Waals surface area contributed by atoms with E-state index in [1.54, 1.807) is 13.0 Å². The van der Waals surface area contributed by atoms with Crippen LogP contribution in [0.25, 0.3) is 10.8 Å². The summed E-state index contributed by atoms with van der Waals surface area (Å²) in [6.45, 7) is 6.22. The van der Waals surface area contributed by atoms with Crippen LogP contribution in [-0.2, 0) is 29.1 Å². The van der Waals surface area contributed by atoms with Crippen molar-refractivity contribution in [1.82, 2.24) is 25.2 Å². The van der Waals surface area contributed by atoms with Crippen LogP contribution in [0.1, 0.15) is 86.0 Å². The number of rotatable bonds is 10. The number of hydrogen-bond donors (Lipinski definition) is 3. The molecule has 1 saturated heterocycles. The number of aromatic nitrogens is 1. The largest absolute Gasteiger partial charge is 0.494 e. The third kappa shape index (κ3) is 9.33. The van der Waals surface area contributed by atoms with E-state index in [0.717, 1.165) is 11.0 Å². The van der Waals surface area contributed by atoms with Crippen LogP contribution in [-0.4, -0.2) is 103 Å². The summed E-state index contributed by atoms with van der Waals surface area (Å²) in [7, 11) is -1.47. The number of carbonyl (C=O) groups is 4. The van der Waals surface area contributed by atoms with Crippen molar-refractivity contribution in [2.75, 3.05) is 20.8 Å². The first-order valence-electron chi connectivity index (χ1n) is 20.3. The maximum absolute atomic E-state index is 15.1. The third-order valence-electron chi connectivity index (χ3n) is 12.4. The lowest BCUT2D eigenvalue weighted by atomic mass is 9.85. The van der Waals surface area contributed by atoms with Gasteiger partial charge >= 0.3 is 12.3 Å². The van der Waals surface area contributed by atoms with Crippen molar-refractivity contribution < 1.29 is 64.1 Å². The summed E-state index contributed by atoms with van der Waals surface area (Å²) in [6, 6.07) is 1.16. The molecule has 1 unspecified atom stereocenters. The normalized spacial score (nSPS) is 28.5. The maximum atomic E-state index is 15.1. The van der Waals surface area contributed by atoms with E-state index in [-0.39, 0.29) is 54.6 Å². The smallest absolute Gasteiger partial charge is 0.427 e. The molecule has 2 aliphatic heterocycles. The molecule has 4 amide bonds. The Kier molecular flexibility index (Phi) is 12.5. The van der Waals surface area contributed by atoms with Crippen molar-refractivity contribution in [1.29, 1.82) is 0 Å². The molecule has 2 aromatic rings.